The number of aliphatic carboxylic acids is 1. The van der Waals surface area contributed by atoms with Gasteiger partial charge in [-0.25, -0.2) is 0 Å². The molecule has 0 aliphatic heterocycles. The van der Waals surface area contributed by atoms with Crippen molar-refractivity contribution in [3.63, 3.8) is 0 Å². The summed E-state index contributed by atoms with van der Waals surface area (Å²) in [7, 11) is -4.56. The van der Waals surface area contributed by atoms with E-state index in [-0.39, 0.29) is 6.42 Å². The van der Waals surface area contributed by atoms with Crippen LogP contribution in [0, 0.1) is 0 Å². The van der Waals surface area contributed by atoms with E-state index in [1.54, 1.807) is 30.3 Å². The molecule has 82 valence electrons. The first-order chi connectivity index (χ1) is 6.91. The number of carboxylic acids is 1. The van der Waals surface area contributed by atoms with E-state index in [0.29, 0.717) is 5.56 Å². The molecule has 1 atom stereocenters. The van der Waals surface area contributed by atoms with E-state index >= 15 is 0 Å². The third kappa shape index (κ3) is 3.34. The summed E-state index contributed by atoms with van der Waals surface area (Å²) in [5.74, 6) is -1.55. The van der Waals surface area contributed by atoms with Crippen LogP contribution in [0.15, 0.2) is 30.3 Å². The van der Waals surface area contributed by atoms with Crippen LogP contribution in [-0.2, 0) is 21.3 Å². The second-order valence-electron chi connectivity index (χ2n) is 3.03. The van der Waals surface area contributed by atoms with Crippen molar-refractivity contribution in [3.05, 3.63) is 35.9 Å². The molecule has 0 heterocycles. The van der Waals surface area contributed by atoms with Gasteiger partial charge in [0.05, 0.1) is 0 Å². The number of hydrogen-bond acceptors (Lipinski definition) is 3. The van der Waals surface area contributed by atoms with Crippen molar-refractivity contribution in [2.24, 2.45) is 0 Å². The Morgan fingerprint density at radius 2 is 1.80 bits per heavy atom. The van der Waals surface area contributed by atoms with Crippen molar-refractivity contribution in [1.29, 1.82) is 0 Å². The molecule has 0 aliphatic rings. The Bertz CT molecular complexity index is 437. The second-order valence-corrected chi connectivity index (χ2v) is 4.63. The van der Waals surface area contributed by atoms with Crippen molar-refractivity contribution in [3.8, 4) is 0 Å². The summed E-state index contributed by atoms with van der Waals surface area (Å²) in [6.07, 6.45) is -0.241. The lowest BCUT2D eigenvalue weighted by Gasteiger charge is -2.08. The van der Waals surface area contributed by atoms with Crippen LogP contribution >= 0.6 is 0 Å². The molecular weight excluding hydrogens is 220 g/mol. The number of rotatable bonds is 4. The lowest BCUT2D eigenvalue weighted by Crippen LogP contribution is -2.31. The molecule has 15 heavy (non-hydrogen) atoms. The first-order valence-corrected chi connectivity index (χ1v) is 5.64. The van der Waals surface area contributed by atoms with Crippen LogP contribution < -0.4 is 0 Å². The van der Waals surface area contributed by atoms with E-state index in [1.165, 1.54) is 0 Å². The van der Waals surface area contributed by atoms with E-state index in [0.717, 1.165) is 0 Å². The zero-order valence-electron chi connectivity index (χ0n) is 7.70. The molecule has 1 aromatic carbocycles. The highest BCUT2D eigenvalue weighted by Crippen LogP contribution is 2.09. The SMILES string of the molecule is O=C(O)C(Cc1ccccc1)S(=O)(=O)O. The molecule has 0 saturated carbocycles. The average molecular weight is 230 g/mol. The Kier molecular flexibility index (Phi) is 3.43. The standard InChI is InChI=1S/C9H10O5S/c10-9(11)8(15(12,13)14)6-7-4-2-1-3-5-7/h1-5,8H,6H2,(H,10,11)(H,12,13,14). The normalized spacial score (nSPS) is 13.4. The molecule has 2 N–H and O–H groups in total. The number of hydrogen-bond donors (Lipinski definition) is 2. The minimum atomic E-state index is -4.56. The molecule has 0 radical (unpaired) electrons. The summed E-state index contributed by atoms with van der Waals surface area (Å²) < 4.78 is 30.2. The van der Waals surface area contributed by atoms with E-state index < -0.39 is 21.3 Å². The quantitative estimate of drug-likeness (QED) is 0.738. The molecule has 6 heteroatoms. The monoisotopic (exact) mass is 230 g/mol. The highest BCUT2D eigenvalue weighted by atomic mass is 32.2. The Labute approximate surface area is 87.1 Å². The second kappa shape index (κ2) is 4.41. The highest BCUT2D eigenvalue weighted by Gasteiger charge is 2.30. The van der Waals surface area contributed by atoms with Gasteiger partial charge in [-0.15, -0.1) is 0 Å². The van der Waals surface area contributed by atoms with Gasteiger partial charge < -0.3 is 5.11 Å². The van der Waals surface area contributed by atoms with Crippen molar-refractivity contribution >= 4 is 16.1 Å². The van der Waals surface area contributed by atoms with E-state index in [9.17, 15) is 13.2 Å². The Morgan fingerprint density at radius 1 is 1.27 bits per heavy atom. The zero-order valence-corrected chi connectivity index (χ0v) is 8.52. The fourth-order valence-electron chi connectivity index (χ4n) is 1.15. The van der Waals surface area contributed by atoms with E-state index in [2.05, 4.69) is 0 Å². The molecule has 0 aliphatic carbocycles. The van der Waals surface area contributed by atoms with Crippen LogP contribution in [0.5, 0.6) is 0 Å². The van der Waals surface area contributed by atoms with Crippen molar-refractivity contribution in [2.75, 3.05) is 0 Å². The Hall–Kier alpha value is -1.40. The van der Waals surface area contributed by atoms with Crippen LogP contribution in [0.2, 0.25) is 0 Å². The van der Waals surface area contributed by atoms with Gasteiger partial charge in [0, 0.05) is 6.42 Å². The summed E-state index contributed by atoms with van der Waals surface area (Å²) in [4.78, 5) is 10.6. The predicted octanol–water partition coefficient (Wildman–Crippen LogP) is 0.570. The molecule has 0 amide bonds. The van der Waals surface area contributed by atoms with E-state index in [1.807, 2.05) is 0 Å². The first-order valence-electron chi connectivity index (χ1n) is 4.14. The van der Waals surface area contributed by atoms with Crippen molar-refractivity contribution < 1.29 is 22.9 Å². The summed E-state index contributed by atoms with van der Waals surface area (Å²) in [5, 5.41) is 6.83. The topological polar surface area (TPSA) is 91.7 Å². The van der Waals surface area contributed by atoms with Gasteiger partial charge >= 0.3 is 5.97 Å². The van der Waals surface area contributed by atoms with Crippen LogP contribution in [0.1, 0.15) is 5.56 Å². The van der Waals surface area contributed by atoms with Crippen molar-refractivity contribution in [2.45, 2.75) is 11.7 Å². The van der Waals surface area contributed by atoms with Crippen molar-refractivity contribution in [1.82, 2.24) is 0 Å². The first kappa shape index (κ1) is 11.7. The maximum Gasteiger partial charge on any atom is 0.324 e. The molecule has 0 fully saturated rings. The maximum atomic E-state index is 10.8. The zero-order chi connectivity index (χ0) is 11.5. The van der Waals surface area contributed by atoms with Crippen LogP contribution in [0.25, 0.3) is 0 Å². The molecule has 5 nitrogen and oxygen atoms in total. The van der Waals surface area contributed by atoms with Gasteiger partial charge in [-0.3, -0.25) is 9.35 Å². The molecular formula is C9H10O5S. The van der Waals surface area contributed by atoms with Gasteiger partial charge in [-0.05, 0) is 5.56 Å². The van der Waals surface area contributed by atoms with Gasteiger partial charge in [0.15, 0.2) is 5.25 Å². The van der Waals surface area contributed by atoms with Gasteiger partial charge in [-0.2, -0.15) is 8.42 Å². The number of carboxylic acid groups (broad SMARTS) is 1. The Balaban J connectivity index is 2.92. The number of benzene rings is 1. The molecule has 0 bridgehead atoms. The third-order valence-electron chi connectivity index (χ3n) is 1.90. The smallest absolute Gasteiger partial charge is 0.324 e. The van der Waals surface area contributed by atoms with Crippen LogP contribution in [0.4, 0.5) is 0 Å². The van der Waals surface area contributed by atoms with Gasteiger partial charge in [-0.1, -0.05) is 30.3 Å². The highest BCUT2D eigenvalue weighted by molar-refractivity contribution is 7.87. The molecule has 0 saturated heterocycles. The summed E-state index contributed by atoms with van der Waals surface area (Å²) in [6.45, 7) is 0. The predicted molar refractivity (Wildman–Crippen MR) is 53.1 cm³/mol. The molecule has 1 rings (SSSR count). The summed E-state index contributed by atoms with van der Waals surface area (Å²) >= 11 is 0. The lowest BCUT2D eigenvalue weighted by molar-refractivity contribution is -0.136. The summed E-state index contributed by atoms with van der Waals surface area (Å²) in [6, 6.07) is 8.26. The molecule has 0 spiro atoms. The molecule has 1 aromatic rings. The summed E-state index contributed by atoms with van der Waals surface area (Å²) in [5.41, 5.74) is 0.544. The minimum Gasteiger partial charge on any atom is -0.480 e. The fraction of sp³-hybridized carbons (Fsp3) is 0.222. The van der Waals surface area contributed by atoms with Gasteiger partial charge in [0.1, 0.15) is 0 Å². The molecule has 0 aromatic heterocycles. The van der Waals surface area contributed by atoms with Crippen LogP contribution in [0.3, 0.4) is 0 Å². The van der Waals surface area contributed by atoms with Crippen LogP contribution in [-0.4, -0.2) is 29.3 Å². The largest absolute Gasteiger partial charge is 0.480 e. The lowest BCUT2D eigenvalue weighted by atomic mass is 10.1. The molecule has 1 unspecified atom stereocenters. The maximum absolute atomic E-state index is 10.8. The van der Waals surface area contributed by atoms with Gasteiger partial charge in [0.25, 0.3) is 10.1 Å². The average Bonchev–Trinajstić information content (AvgIpc) is 2.13. The fourth-order valence-corrected chi connectivity index (χ4v) is 1.81. The van der Waals surface area contributed by atoms with E-state index in [4.69, 9.17) is 9.66 Å². The Morgan fingerprint density at radius 3 is 2.20 bits per heavy atom. The third-order valence-corrected chi connectivity index (χ3v) is 2.99. The number of carbonyl (C=O) groups is 1. The van der Waals surface area contributed by atoms with Gasteiger partial charge in [0.2, 0.25) is 0 Å². The minimum absolute atomic E-state index is 0.241.